The van der Waals surface area contributed by atoms with Crippen LogP contribution in [0.4, 0.5) is 11.4 Å². The van der Waals surface area contributed by atoms with Gasteiger partial charge in [-0.25, -0.2) is 5.01 Å². The molecular weight excluding hydrogens is 544 g/mol. The molecule has 3 aliphatic rings. The summed E-state index contributed by atoms with van der Waals surface area (Å²) in [6.45, 7) is 13.2. The molecule has 2 N–H and O–H groups in total. The molecule has 0 saturated heterocycles. The zero-order chi connectivity index (χ0) is 31.5. The van der Waals surface area contributed by atoms with Crippen LogP contribution in [-0.4, -0.2) is 57.8 Å². The lowest BCUT2D eigenvalue weighted by Crippen LogP contribution is -2.40. The summed E-state index contributed by atoms with van der Waals surface area (Å²) in [6.07, 6.45) is 6.32. The maximum absolute atomic E-state index is 13.7. The van der Waals surface area contributed by atoms with E-state index in [1.54, 1.807) is 12.1 Å². The summed E-state index contributed by atoms with van der Waals surface area (Å²) < 4.78 is 0. The van der Waals surface area contributed by atoms with Gasteiger partial charge < -0.3 is 15.3 Å². The molecular formula is C34H46N4O5. The average Bonchev–Trinajstić information content (AvgIpc) is 3.61. The van der Waals surface area contributed by atoms with Crippen LogP contribution in [0.3, 0.4) is 0 Å². The molecule has 43 heavy (non-hydrogen) atoms. The highest BCUT2D eigenvalue weighted by molar-refractivity contribution is 6.44. The molecule has 232 valence electrons. The van der Waals surface area contributed by atoms with E-state index in [4.69, 9.17) is 0 Å². The van der Waals surface area contributed by atoms with Crippen molar-refractivity contribution in [3.63, 3.8) is 0 Å². The number of nitrogens with one attached hydrogen (secondary N) is 1. The van der Waals surface area contributed by atoms with E-state index in [0.29, 0.717) is 23.4 Å². The Morgan fingerprint density at radius 3 is 2.28 bits per heavy atom. The molecule has 4 rings (SSSR count). The van der Waals surface area contributed by atoms with Crippen molar-refractivity contribution in [2.75, 3.05) is 23.3 Å². The molecule has 9 nitrogen and oxygen atoms in total. The number of hydrogen-bond acceptors (Lipinski definition) is 7. The lowest BCUT2D eigenvalue weighted by molar-refractivity contribution is -0.130. The van der Waals surface area contributed by atoms with Crippen LogP contribution in [0.25, 0.3) is 5.57 Å². The van der Waals surface area contributed by atoms with Crippen LogP contribution in [0.2, 0.25) is 0 Å². The zero-order valence-electron chi connectivity index (χ0n) is 26.5. The second-order valence-corrected chi connectivity index (χ2v) is 12.6. The number of hydrazone groups is 1. The Hall–Kier alpha value is -3.75. The monoisotopic (exact) mass is 590 g/mol. The van der Waals surface area contributed by atoms with Crippen molar-refractivity contribution in [2.45, 2.75) is 105 Å². The Morgan fingerprint density at radius 1 is 1.02 bits per heavy atom. The maximum atomic E-state index is 13.7. The molecule has 0 atom stereocenters. The van der Waals surface area contributed by atoms with Gasteiger partial charge in [-0.1, -0.05) is 26.2 Å². The van der Waals surface area contributed by atoms with E-state index in [9.17, 15) is 24.3 Å². The third-order valence-electron chi connectivity index (χ3n) is 8.58. The summed E-state index contributed by atoms with van der Waals surface area (Å²) in [4.78, 5) is 55.0. The molecule has 0 aromatic heterocycles. The molecule has 2 aliphatic carbocycles. The van der Waals surface area contributed by atoms with Crippen molar-refractivity contribution in [1.82, 2.24) is 5.01 Å². The van der Waals surface area contributed by atoms with Gasteiger partial charge in [-0.15, -0.1) is 0 Å². The Kier molecular flexibility index (Phi) is 9.93. The second-order valence-electron chi connectivity index (χ2n) is 12.6. The molecule has 1 aromatic carbocycles. The van der Waals surface area contributed by atoms with E-state index >= 15 is 0 Å². The molecule has 9 heteroatoms. The molecule has 1 aromatic rings. The van der Waals surface area contributed by atoms with Gasteiger partial charge in [-0.2, -0.15) is 5.10 Å². The van der Waals surface area contributed by atoms with Crippen LogP contribution in [0, 0.1) is 5.92 Å². The Labute approximate surface area is 255 Å². The fourth-order valence-electron chi connectivity index (χ4n) is 6.10. The SMILES string of the molecule is CCCCC1=NN(C(C)(C)C)C(=O)/C1=C1/C(=O)C(c2ccc(N(CC)CC)cc2NC(=O)CCC(=O)C2CCCC2)=C1O. The van der Waals surface area contributed by atoms with Gasteiger partial charge in [0.2, 0.25) is 11.7 Å². The van der Waals surface area contributed by atoms with E-state index in [0.717, 1.165) is 57.3 Å². The Morgan fingerprint density at radius 2 is 1.70 bits per heavy atom. The maximum Gasteiger partial charge on any atom is 0.277 e. The molecule has 1 heterocycles. The van der Waals surface area contributed by atoms with Crippen molar-refractivity contribution in [3.05, 3.63) is 40.7 Å². The van der Waals surface area contributed by atoms with Crippen LogP contribution in [0.1, 0.15) is 105 Å². The first-order valence-electron chi connectivity index (χ1n) is 15.8. The number of allylic oxidation sites excluding steroid dienone is 2. The number of unbranched alkanes of at least 4 members (excludes halogenated alkanes) is 1. The number of amides is 2. The second kappa shape index (κ2) is 13.3. The van der Waals surface area contributed by atoms with Gasteiger partial charge in [-0.3, -0.25) is 19.2 Å². The Bertz CT molecular complexity index is 1390. The summed E-state index contributed by atoms with van der Waals surface area (Å²) in [5, 5.41) is 20.2. The number of nitrogens with zero attached hydrogens (tertiary/aromatic N) is 3. The van der Waals surface area contributed by atoms with Gasteiger partial charge in [0.15, 0.2) is 0 Å². The third kappa shape index (κ3) is 6.60. The lowest BCUT2D eigenvalue weighted by Gasteiger charge is -2.29. The molecule has 2 amide bonds. The first-order valence-corrected chi connectivity index (χ1v) is 15.8. The number of aliphatic hydroxyl groups is 1. The number of benzene rings is 1. The van der Waals surface area contributed by atoms with Crippen molar-refractivity contribution >= 4 is 46.0 Å². The smallest absolute Gasteiger partial charge is 0.277 e. The fourth-order valence-corrected chi connectivity index (χ4v) is 6.10. The predicted octanol–water partition coefficient (Wildman–Crippen LogP) is 6.35. The van der Waals surface area contributed by atoms with Crippen molar-refractivity contribution in [3.8, 4) is 0 Å². The summed E-state index contributed by atoms with van der Waals surface area (Å²) in [5.74, 6) is -1.27. The summed E-state index contributed by atoms with van der Waals surface area (Å²) in [7, 11) is 0. The summed E-state index contributed by atoms with van der Waals surface area (Å²) >= 11 is 0. The minimum atomic E-state index is -0.595. The first kappa shape index (κ1) is 32.2. The fraction of sp³-hybridized carbons (Fsp3) is 0.559. The normalized spacial score (nSPS) is 19.2. The van der Waals surface area contributed by atoms with Crippen LogP contribution >= 0.6 is 0 Å². The number of carbonyl (C=O) groups excluding carboxylic acids is 4. The topological polar surface area (TPSA) is 119 Å². The molecule has 1 saturated carbocycles. The first-order chi connectivity index (χ1) is 20.4. The van der Waals surface area contributed by atoms with Gasteiger partial charge >= 0.3 is 0 Å². The largest absolute Gasteiger partial charge is 0.506 e. The third-order valence-corrected chi connectivity index (χ3v) is 8.58. The van der Waals surface area contributed by atoms with Crippen molar-refractivity contribution < 1.29 is 24.3 Å². The lowest BCUT2D eigenvalue weighted by atomic mass is 9.78. The van der Waals surface area contributed by atoms with Gasteiger partial charge in [-0.05, 0) is 78.5 Å². The highest BCUT2D eigenvalue weighted by Gasteiger charge is 2.46. The Balaban J connectivity index is 1.69. The average molecular weight is 591 g/mol. The van der Waals surface area contributed by atoms with E-state index < -0.39 is 17.2 Å². The molecule has 0 bridgehead atoms. The number of Topliss-reactive ketones (excluding diaryl/α,β-unsaturated/α-hetero) is 2. The number of hydrogen-bond donors (Lipinski definition) is 2. The van der Waals surface area contributed by atoms with Gasteiger partial charge in [0.05, 0.1) is 33.7 Å². The van der Waals surface area contributed by atoms with Gasteiger partial charge in [0.25, 0.3) is 5.91 Å². The summed E-state index contributed by atoms with van der Waals surface area (Å²) in [6, 6.07) is 5.38. The van der Waals surface area contributed by atoms with Crippen LogP contribution in [-0.2, 0) is 19.2 Å². The zero-order valence-corrected chi connectivity index (χ0v) is 26.5. The standard InChI is InChI=1S/C34H46N4O5/c1-7-10-15-24-29(33(43)38(36-24)34(4,5)6)30-31(41)28(32(30)42)23-17-16-22(37(8-2)9-3)20-25(23)35-27(40)19-18-26(39)21-13-11-12-14-21/h16-17,20-21,41H,7-15,18-19H2,1-6H3,(H,35,40)/b30-29+. The van der Waals surface area contributed by atoms with E-state index in [1.807, 2.05) is 47.6 Å². The molecule has 0 spiro atoms. The van der Waals surface area contributed by atoms with Crippen molar-refractivity contribution in [2.24, 2.45) is 11.0 Å². The number of aliphatic hydroxyl groups excluding tert-OH is 1. The number of ketones is 2. The number of anilines is 2. The highest BCUT2D eigenvalue weighted by Crippen LogP contribution is 2.44. The van der Waals surface area contributed by atoms with Crippen molar-refractivity contribution in [1.29, 1.82) is 0 Å². The molecule has 1 aliphatic heterocycles. The number of carbonyl (C=O) groups is 4. The quantitative estimate of drug-likeness (QED) is 0.274. The summed E-state index contributed by atoms with van der Waals surface area (Å²) in [5.41, 5.74) is 1.73. The molecule has 0 radical (unpaired) electrons. The molecule has 1 fully saturated rings. The minimum absolute atomic E-state index is 0.0196. The van der Waals surface area contributed by atoms with E-state index in [-0.39, 0.29) is 52.9 Å². The highest BCUT2D eigenvalue weighted by atomic mass is 16.3. The van der Waals surface area contributed by atoms with Crippen LogP contribution in [0.5, 0.6) is 0 Å². The molecule has 0 unspecified atom stereocenters. The van der Waals surface area contributed by atoms with Crippen LogP contribution in [0.15, 0.2) is 40.2 Å². The van der Waals surface area contributed by atoms with E-state index in [1.165, 1.54) is 5.01 Å². The van der Waals surface area contributed by atoms with E-state index in [2.05, 4.69) is 15.3 Å². The van der Waals surface area contributed by atoms with Gasteiger partial charge in [0, 0.05) is 43.1 Å². The van der Waals surface area contributed by atoms with Gasteiger partial charge in [0.1, 0.15) is 11.5 Å². The number of rotatable bonds is 12. The van der Waals surface area contributed by atoms with Crippen LogP contribution < -0.4 is 10.2 Å². The predicted molar refractivity (Wildman–Crippen MR) is 170 cm³/mol. The minimum Gasteiger partial charge on any atom is -0.506 e.